The molecule has 0 unspecified atom stereocenters. The number of esters is 1. The van der Waals surface area contributed by atoms with Crippen molar-refractivity contribution in [2.75, 3.05) is 0 Å². The zero-order valence-corrected chi connectivity index (χ0v) is 22.1. The summed E-state index contributed by atoms with van der Waals surface area (Å²) in [6, 6.07) is 12.4. The van der Waals surface area contributed by atoms with Crippen molar-refractivity contribution >= 4 is 49.1 Å². The van der Waals surface area contributed by atoms with E-state index in [1.165, 1.54) is 23.5 Å². The minimum Gasteiger partial charge on any atom is -0.456 e. The molecule has 2 heterocycles. The summed E-state index contributed by atoms with van der Waals surface area (Å²) in [5, 5.41) is 2.72. The molecule has 1 atom stereocenters. The van der Waals surface area contributed by atoms with Crippen molar-refractivity contribution in [1.82, 2.24) is 14.7 Å². The van der Waals surface area contributed by atoms with Crippen molar-refractivity contribution in [1.29, 1.82) is 0 Å². The van der Waals surface area contributed by atoms with E-state index in [9.17, 15) is 18.0 Å². The predicted octanol–water partition coefficient (Wildman–Crippen LogP) is 4.66. The molecule has 0 spiro atoms. The molecule has 188 valence electrons. The molecular formula is C25H24ClN3O5S2. The SMILES string of the molecule is Cc1ccc(S(=O)(=O)N[C@@H](C(=O)OCc2nc3scc(-c4ccccc4Cl)c3c(=O)[nH]2)C(C)C)cc1. The number of hydrogen-bond acceptors (Lipinski definition) is 7. The van der Waals surface area contributed by atoms with Crippen LogP contribution >= 0.6 is 22.9 Å². The number of nitrogens with one attached hydrogen (secondary N) is 2. The van der Waals surface area contributed by atoms with Crippen molar-refractivity contribution < 1.29 is 17.9 Å². The lowest BCUT2D eigenvalue weighted by Crippen LogP contribution is -2.45. The van der Waals surface area contributed by atoms with Gasteiger partial charge in [0, 0.05) is 21.5 Å². The maximum atomic E-state index is 12.9. The van der Waals surface area contributed by atoms with Crippen LogP contribution in [0.2, 0.25) is 5.02 Å². The van der Waals surface area contributed by atoms with E-state index in [1.807, 2.05) is 19.1 Å². The smallest absolute Gasteiger partial charge is 0.324 e. The molecule has 0 saturated heterocycles. The minimum absolute atomic E-state index is 0.0509. The van der Waals surface area contributed by atoms with E-state index < -0.39 is 22.0 Å². The monoisotopic (exact) mass is 545 g/mol. The van der Waals surface area contributed by atoms with Crippen LogP contribution in [0.4, 0.5) is 0 Å². The van der Waals surface area contributed by atoms with Gasteiger partial charge in [-0.25, -0.2) is 13.4 Å². The maximum absolute atomic E-state index is 12.9. The number of thiophene rings is 1. The van der Waals surface area contributed by atoms with Gasteiger partial charge in [-0.1, -0.05) is 61.3 Å². The number of halogens is 1. The fourth-order valence-electron chi connectivity index (χ4n) is 3.58. The van der Waals surface area contributed by atoms with Crippen molar-refractivity contribution in [3.63, 3.8) is 0 Å². The second kappa shape index (κ2) is 10.5. The Morgan fingerprint density at radius 1 is 1.14 bits per heavy atom. The average molecular weight is 546 g/mol. The third-order valence-electron chi connectivity index (χ3n) is 5.54. The zero-order chi connectivity index (χ0) is 26.0. The topological polar surface area (TPSA) is 118 Å². The highest BCUT2D eigenvalue weighted by Gasteiger charge is 2.30. The number of rotatable bonds is 8. The molecule has 2 aromatic carbocycles. The Labute approximate surface area is 217 Å². The molecule has 0 aliphatic heterocycles. The Morgan fingerprint density at radius 3 is 2.50 bits per heavy atom. The number of sulfonamides is 1. The Hall–Kier alpha value is -3.05. The van der Waals surface area contributed by atoms with E-state index in [0.29, 0.717) is 20.8 Å². The summed E-state index contributed by atoms with van der Waals surface area (Å²) >= 11 is 7.57. The van der Waals surface area contributed by atoms with Crippen molar-refractivity contribution in [3.8, 4) is 11.1 Å². The number of carbonyl (C=O) groups is 1. The first-order valence-corrected chi connectivity index (χ1v) is 13.8. The predicted molar refractivity (Wildman–Crippen MR) is 141 cm³/mol. The summed E-state index contributed by atoms with van der Waals surface area (Å²) in [5.74, 6) is -1.01. The number of nitrogens with zero attached hydrogens (tertiary/aromatic N) is 1. The standard InChI is InChI=1S/C25H24ClN3O5S2/c1-14(2)22(29-36(32,33)16-10-8-15(3)9-11-16)25(31)34-12-20-27-23(30)21-18(13-35-24(21)28-20)17-6-4-5-7-19(17)26/h4-11,13-14,22,29H,12H2,1-3H3,(H,27,28,30)/t22-/m1/s1. The summed E-state index contributed by atoms with van der Waals surface area (Å²) in [6.07, 6.45) is 0. The van der Waals surface area contributed by atoms with E-state index in [0.717, 1.165) is 11.1 Å². The van der Waals surface area contributed by atoms with Crippen LogP contribution in [0.25, 0.3) is 21.3 Å². The Balaban J connectivity index is 1.52. The molecule has 0 bridgehead atoms. The van der Waals surface area contributed by atoms with E-state index in [1.54, 1.807) is 43.5 Å². The molecule has 4 aromatic rings. The van der Waals surface area contributed by atoms with Crippen LogP contribution in [0, 0.1) is 12.8 Å². The second-order valence-electron chi connectivity index (χ2n) is 8.59. The van der Waals surface area contributed by atoms with Gasteiger partial charge in [-0.15, -0.1) is 11.3 Å². The van der Waals surface area contributed by atoms with Gasteiger partial charge in [-0.3, -0.25) is 9.59 Å². The van der Waals surface area contributed by atoms with Crippen LogP contribution in [0.3, 0.4) is 0 Å². The van der Waals surface area contributed by atoms with Gasteiger partial charge in [0.2, 0.25) is 10.0 Å². The molecule has 36 heavy (non-hydrogen) atoms. The van der Waals surface area contributed by atoms with E-state index in [4.69, 9.17) is 16.3 Å². The number of hydrogen-bond donors (Lipinski definition) is 2. The van der Waals surface area contributed by atoms with E-state index in [2.05, 4.69) is 14.7 Å². The minimum atomic E-state index is -3.95. The molecule has 4 rings (SSSR count). The largest absolute Gasteiger partial charge is 0.456 e. The van der Waals surface area contributed by atoms with Crippen molar-refractivity contribution in [2.45, 2.75) is 38.3 Å². The van der Waals surface area contributed by atoms with Crippen LogP contribution in [0.15, 0.2) is 63.6 Å². The van der Waals surface area contributed by atoms with Gasteiger partial charge in [0.05, 0.1) is 10.3 Å². The Bertz CT molecular complexity index is 1580. The molecule has 0 amide bonds. The quantitative estimate of drug-likeness (QED) is 0.311. The first-order chi connectivity index (χ1) is 17.1. The van der Waals surface area contributed by atoms with Crippen LogP contribution in [0.1, 0.15) is 25.2 Å². The lowest BCUT2D eigenvalue weighted by atomic mass is 10.1. The van der Waals surface area contributed by atoms with Crippen LogP contribution < -0.4 is 10.3 Å². The lowest BCUT2D eigenvalue weighted by Gasteiger charge is -2.20. The summed E-state index contributed by atoms with van der Waals surface area (Å²) in [5.41, 5.74) is 1.92. The van der Waals surface area contributed by atoms with Gasteiger partial charge >= 0.3 is 5.97 Å². The number of benzene rings is 2. The highest BCUT2D eigenvalue weighted by atomic mass is 35.5. The van der Waals surface area contributed by atoms with Gasteiger partial charge in [-0.05, 0) is 31.0 Å². The van der Waals surface area contributed by atoms with Crippen LogP contribution in [0.5, 0.6) is 0 Å². The molecule has 0 saturated carbocycles. The first kappa shape index (κ1) is 26.0. The molecule has 8 nitrogen and oxygen atoms in total. The number of carbonyl (C=O) groups excluding carboxylic acids is 1. The molecule has 0 aliphatic rings. The van der Waals surface area contributed by atoms with Gasteiger partial charge in [0.25, 0.3) is 5.56 Å². The van der Waals surface area contributed by atoms with Gasteiger partial charge in [0.15, 0.2) is 0 Å². The number of aryl methyl sites for hydroxylation is 1. The van der Waals surface area contributed by atoms with E-state index in [-0.39, 0.29) is 28.8 Å². The fourth-order valence-corrected chi connectivity index (χ4v) is 6.11. The molecule has 11 heteroatoms. The first-order valence-electron chi connectivity index (χ1n) is 11.1. The third-order valence-corrected chi connectivity index (χ3v) is 8.20. The molecule has 0 radical (unpaired) electrons. The third kappa shape index (κ3) is 5.52. The Kier molecular flexibility index (Phi) is 7.60. The highest BCUT2D eigenvalue weighted by molar-refractivity contribution is 7.89. The Morgan fingerprint density at radius 2 is 1.83 bits per heavy atom. The highest BCUT2D eigenvalue weighted by Crippen LogP contribution is 2.34. The number of aromatic nitrogens is 2. The molecule has 0 aliphatic carbocycles. The molecular weight excluding hydrogens is 522 g/mol. The van der Waals surface area contributed by atoms with Crippen molar-refractivity contribution in [2.24, 2.45) is 5.92 Å². The summed E-state index contributed by atoms with van der Waals surface area (Å²) in [6.45, 7) is 4.94. The lowest BCUT2D eigenvalue weighted by molar-refractivity contribution is -0.148. The molecule has 2 aromatic heterocycles. The number of ether oxygens (including phenoxy) is 1. The normalized spacial score (nSPS) is 12.7. The molecule has 2 N–H and O–H groups in total. The van der Waals surface area contributed by atoms with Gasteiger partial charge < -0.3 is 9.72 Å². The van der Waals surface area contributed by atoms with Crippen LogP contribution in [-0.2, 0) is 26.2 Å². The summed E-state index contributed by atoms with van der Waals surface area (Å²) in [4.78, 5) is 33.3. The number of H-pyrrole nitrogens is 1. The average Bonchev–Trinajstić information content (AvgIpc) is 3.26. The molecule has 0 fully saturated rings. The van der Waals surface area contributed by atoms with Crippen LogP contribution in [-0.4, -0.2) is 30.4 Å². The van der Waals surface area contributed by atoms with Gasteiger partial charge in [0.1, 0.15) is 23.3 Å². The van der Waals surface area contributed by atoms with Crippen molar-refractivity contribution in [3.05, 3.63) is 80.7 Å². The summed E-state index contributed by atoms with van der Waals surface area (Å²) in [7, 11) is -3.95. The van der Waals surface area contributed by atoms with E-state index >= 15 is 0 Å². The second-order valence-corrected chi connectivity index (χ2v) is 11.6. The maximum Gasteiger partial charge on any atom is 0.324 e. The summed E-state index contributed by atoms with van der Waals surface area (Å²) < 4.78 is 33.3. The zero-order valence-electron chi connectivity index (χ0n) is 19.7. The fraction of sp³-hybridized carbons (Fsp3) is 0.240. The number of aromatic amines is 1. The number of fused-ring (bicyclic) bond motifs is 1. The van der Waals surface area contributed by atoms with Gasteiger partial charge in [-0.2, -0.15) is 4.72 Å².